The summed E-state index contributed by atoms with van der Waals surface area (Å²) in [5.41, 5.74) is 3.39. The molecule has 0 unspecified atom stereocenters. The quantitative estimate of drug-likeness (QED) is 0.634. The van der Waals surface area contributed by atoms with Crippen molar-refractivity contribution in [1.82, 2.24) is 0 Å². The topological polar surface area (TPSA) is 30.5 Å². The zero-order valence-electron chi connectivity index (χ0n) is 14.4. The zero-order valence-corrected chi connectivity index (χ0v) is 14.4. The summed E-state index contributed by atoms with van der Waals surface area (Å²) in [6.07, 6.45) is 0.898. The fraction of sp³-hybridized carbons (Fsp3) is 0.182. The summed E-state index contributed by atoms with van der Waals surface area (Å²) < 4.78 is 11.4. The lowest BCUT2D eigenvalue weighted by Gasteiger charge is -2.14. The van der Waals surface area contributed by atoms with Gasteiger partial charge in [-0.3, -0.25) is 0 Å². The molecule has 0 radical (unpaired) electrons. The monoisotopic (exact) mass is 333 g/mol. The van der Waals surface area contributed by atoms with Crippen molar-refractivity contribution in [3.05, 3.63) is 90.0 Å². The highest BCUT2D eigenvalue weighted by Crippen LogP contribution is 2.25. The van der Waals surface area contributed by atoms with Crippen LogP contribution in [0.3, 0.4) is 0 Å². The van der Waals surface area contributed by atoms with Gasteiger partial charge in [0.05, 0.1) is 19.4 Å². The van der Waals surface area contributed by atoms with Crippen molar-refractivity contribution in [3.63, 3.8) is 0 Å². The molecule has 0 aromatic heterocycles. The van der Waals surface area contributed by atoms with Gasteiger partial charge in [-0.15, -0.1) is 0 Å². The van der Waals surface area contributed by atoms with Crippen molar-refractivity contribution < 1.29 is 9.47 Å². The smallest absolute Gasteiger partial charge is 0.141 e. The first-order valence-corrected chi connectivity index (χ1v) is 8.48. The Labute approximate surface area is 149 Å². The molecule has 3 aromatic carbocycles. The average molecular weight is 333 g/mol. The van der Waals surface area contributed by atoms with E-state index in [-0.39, 0.29) is 0 Å². The van der Waals surface area contributed by atoms with E-state index in [4.69, 9.17) is 9.47 Å². The molecule has 0 saturated carbocycles. The van der Waals surface area contributed by atoms with E-state index < -0.39 is 0 Å². The van der Waals surface area contributed by atoms with Gasteiger partial charge in [-0.2, -0.15) is 0 Å². The Bertz CT molecular complexity index is 787. The maximum atomic E-state index is 6.01. The van der Waals surface area contributed by atoms with E-state index in [1.54, 1.807) is 7.11 Å². The van der Waals surface area contributed by atoms with Gasteiger partial charge in [0.1, 0.15) is 11.5 Å². The minimum absolute atomic E-state index is 0.662. The zero-order chi connectivity index (χ0) is 17.3. The summed E-state index contributed by atoms with van der Waals surface area (Å²) in [6.45, 7) is 1.34. The second kappa shape index (κ2) is 8.78. The van der Waals surface area contributed by atoms with Gasteiger partial charge in [0.2, 0.25) is 0 Å². The van der Waals surface area contributed by atoms with Crippen LogP contribution in [0.2, 0.25) is 0 Å². The third-order valence-electron chi connectivity index (χ3n) is 4.04. The molecule has 0 saturated heterocycles. The van der Waals surface area contributed by atoms with Crippen LogP contribution in [0.4, 0.5) is 5.69 Å². The fourth-order valence-electron chi connectivity index (χ4n) is 2.70. The van der Waals surface area contributed by atoms with Gasteiger partial charge in [-0.05, 0) is 23.8 Å². The molecule has 1 N–H and O–H groups in total. The lowest BCUT2D eigenvalue weighted by atomic mass is 10.1. The van der Waals surface area contributed by atoms with Gasteiger partial charge < -0.3 is 14.8 Å². The SMILES string of the molecule is COc1ccccc1NCc1ccccc1OCCc1ccccc1. The number of rotatable bonds is 8. The van der Waals surface area contributed by atoms with Gasteiger partial charge in [0.15, 0.2) is 0 Å². The first-order chi connectivity index (χ1) is 12.4. The van der Waals surface area contributed by atoms with E-state index in [0.29, 0.717) is 13.2 Å². The fourth-order valence-corrected chi connectivity index (χ4v) is 2.70. The van der Waals surface area contributed by atoms with Crippen LogP contribution in [-0.4, -0.2) is 13.7 Å². The molecule has 0 spiro atoms. The normalized spacial score (nSPS) is 10.3. The molecule has 0 aliphatic heterocycles. The minimum atomic E-state index is 0.662. The number of para-hydroxylation sites is 3. The van der Waals surface area contributed by atoms with E-state index in [1.165, 1.54) is 5.56 Å². The Morgan fingerprint density at radius 1 is 0.760 bits per heavy atom. The predicted octanol–water partition coefficient (Wildman–Crippen LogP) is 4.93. The van der Waals surface area contributed by atoms with E-state index in [0.717, 1.165) is 29.2 Å². The number of nitrogens with one attached hydrogen (secondary N) is 1. The van der Waals surface area contributed by atoms with Crippen molar-refractivity contribution in [2.45, 2.75) is 13.0 Å². The third-order valence-corrected chi connectivity index (χ3v) is 4.04. The van der Waals surface area contributed by atoms with Crippen molar-refractivity contribution in [1.29, 1.82) is 0 Å². The maximum Gasteiger partial charge on any atom is 0.141 e. The molecule has 25 heavy (non-hydrogen) atoms. The molecule has 0 aliphatic rings. The van der Waals surface area contributed by atoms with E-state index in [9.17, 15) is 0 Å². The van der Waals surface area contributed by atoms with Crippen LogP contribution < -0.4 is 14.8 Å². The lowest BCUT2D eigenvalue weighted by molar-refractivity contribution is 0.319. The Morgan fingerprint density at radius 3 is 2.24 bits per heavy atom. The molecule has 0 atom stereocenters. The van der Waals surface area contributed by atoms with E-state index in [1.807, 2.05) is 48.5 Å². The van der Waals surface area contributed by atoms with Crippen molar-refractivity contribution >= 4 is 5.69 Å². The Kier molecular flexibility index (Phi) is 5.94. The van der Waals surface area contributed by atoms with Crippen LogP contribution in [0.1, 0.15) is 11.1 Å². The number of anilines is 1. The van der Waals surface area contributed by atoms with Crippen molar-refractivity contribution in [2.24, 2.45) is 0 Å². The first kappa shape index (κ1) is 16.9. The van der Waals surface area contributed by atoms with Crippen molar-refractivity contribution in [3.8, 4) is 11.5 Å². The highest BCUT2D eigenvalue weighted by atomic mass is 16.5. The number of benzene rings is 3. The standard InChI is InChI=1S/C22H23NO2/c1-24-22-14-8-6-12-20(22)23-17-19-11-5-7-13-21(19)25-16-15-18-9-3-2-4-10-18/h2-14,23H,15-17H2,1H3. The number of hydrogen-bond acceptors (Lipinski definition) is 3. The van der Waals surface area contributed by atoms with Crippen LogP contribution in [-0.2, 0) is 13.0 Å². The van der Waals surface area contributed by atoms with Gasteiger partial charge >= 0.3 is 0 Å². The average Bonchev–Trinajstić information content (AvgIpc) is 2.68. The van der Waals surface area contributed by atoms with Gasteiger partial charge in [-0.1, -0.05) is 60.7 Å². The molecule has 0 aliphatic carbocycles. The predicted molar refractivity (Wildman–Crippen MR) is 102 cm³/mol. The number of methoxy groups -OCH3 is 1. The molecule has 3 rings (SSSR count). The lowest BCUT2D eigenvalue weighted by Crippen LogP contribution is -2.06. The van der Waals surface area contributed by atoms with Crippen LogP contribution in [0.5, 0.6) is 11.5 Å². The molecule has 3 nitrogen and oxygen atoms in total. The van der Waals surface area contributed by atoms with Gasteiger partial charge in [0.25, 0.3) is 0 Å². The maximum absolute atomic E-state index is 6.01. The van der Waals surface area contributed by atoms with Gasteiger partial charge in [-0.25, -0.2) is 0 Å². The summed E-state index contributed by atoms with van der Waals surface area (Å²) in [7, 11) is 1.68. The summed E-state index contributed by atoms with van der Waals surface area (Å²) >= 11 is 0. The highest BCUT2D eigenvalue weighted by Gasteiger charge is 2.05. The Balaban J connectivity index is 1.60. The van der Waals surface area contributed by atoms with E-state index >= 15 is 0 Å². The molecular formula is C22H23NO2. The Morgan fingerprint density at radius 2 is 1.44 bits per heavy atom. The molecule has 0 heterocycles. The van der Waals surface area contributed by atoms with Crippen LogP contribution in [0, 0.1) is 0 Å². The Hall–Kier alpha value is -2.94. The largest absolute Gasteiger partial charge is 0.495 e. The third kappa shape index (κ3) is 4.77. The molecule has 3 aromatic rings. The first-order valence-electron chi connectivity index (χ1n) is 8.48. The molecule has 3 heteroatoms. The summed E-state index contributed by atoms with van der Waals surface area (Å²) in [6, 6.07) is 26.4. The number of hydrogen-bond donors (Lipinski definition) is 1. The second-order valence-corrected chi connectivity index (χ2v) is 5.75. The second-order valence-electron chi connectivity index (χ2n) is 5.75. The molecule has 0 fully saturated rings. The summed E-state index contributed by atoms with van der Waals surface area (Å²) in [5, 5.41) is 3.42. The summed E-state index contributed by atoms with van der Waals surface area (Å²) in [4.78, 5) is 0. The van der Waals surface area contributed by atoms with Crippen molar-refractivity contribution in [2.75, 3.05) is 19.0 Å². The molecule has 0 bridgehead atoms. The van der Waals surface area contributed by atoms with E-state index in [2.05, 4.69) is 35.6 Å². The number of ether oxygens (including phenoxy) is 2. The molecule has 0 amide bonds. The molecule has 128 valence electrons. The molecular weight excluding hydrogens is 310 g/mol. The van der Waals surface area contributed by atoms with Gasteiger partial charge in [0, 0.05) is 18.5 Å². The highest BCUT2D eigenvalue weighted by molar-refractivity contribution is 5.56. The van der Waals surface area contributed by atoms with Crippen LogP contribution >= 0.6 is 0 Å². The minimum Gasteiger partial charge on any atom is -0.495 e. The van der Waals surface area contributed by atoms with Crippen LogP contribution in [0.25, 0.3) is 0 Å². The van der Waals surface area contributed by atoms with Crippen LogP contribution in [0.15, 0.2) is 78.9 Å². The summed E-state index contributed by atoms with van der Waals surface area (Å²) in [5.74, 6) is 1.76.